The van der Waals surface area contributed by atoms with Gasteiger partial charge in [-0.2, -0.15) is 0 Å². The van der Waals surface area contributed by atoms with Gasteiger partial charge in [0.05, 0.1) is 6.54 Å². The standard InChI is InChI=1S/C11H20N2.C2H6/c1-4-5-8-13-9-6-7-11(10-13)12(2)3;1-2/h11H,6-10H2,1-3H3;1-2H3. The summed E-state index contributed by atoms with van der Waals surface area (Å²) in [6, 6.07) is 0.729. The maximum Gasteiger partial charge on any atom is 0.0602 e. The lowest BCUT2D eigenvalue weighted by atomic mass is 10.1. The quantitative estimate of drug-likeness (QED) is 0.644. The molecule has 0 aliphatic carbocycles. The zero-order chi connectivity index (χ0) is 11.7. The molecule has 0 spiro atoms. The molecule has 2 nitrogen and oxygen atoms in total. The fourth-order valence-electron chi connectivity index (χ4n) is 1.79. The van der Waals surface area contributed by atoms with E-state index in [4.69, 9.17) is 0 Å². The van der Waals surface area contributed by atoms with Crippen molar-refractivity contribution in [3.63, 3.8) is 0 Å². The molecular formula is C13H26N2. The van der Waals surface area contributed by atoms with E-state index < -0.39 is 0 Å². The Kier molecular flexibility index (Phi) is 8.46. The Morgan fingerprint density at radius 3 is 2.53 bits per heavy atom. The second kappa shape index (κ2) is 8.76. The van der Waals surface area contributed by atoms with E-state index in [0.717, 1.165) is 12.6 Å². The first-order chi connectivity index (χ1) is 7.24. The van der Waals surface area contributed by atoms with Crippen LogP contribution < -0.4 is 0 Å². The van der Waals surface area contributed by atoms with Gasteiger partial charge in [-0.1, -0.05) is 19.8 Å². The van der Waals surface area contributed by atoms with E-state index in [1.165, 1.54) is 25.9 Å². The van der Waals surface area contributed by atoms with Crippen LogP contribution in [-0.4, -0.2) is 49.6 Å². The molecule has 1 atom stereocenters. The van der Waals surface area contributed by atoms with Crippen molar-refractivity contribution in [2.75, 3.05) is 33.7 Å². The van der Waals surface area contributed by atoms with Crippen molar-refractivity contribution in [3.8, 4) is 11.8 Å². The Balaban J connectivity index is 0.000000921. The molecule has 0 saturated carbocycles. The molecule has 1 heterocycles. The summed E-state index contributed by atoms with van der Waals surface area (Å²) >= 11 is 0. The predicted octanol–water partition coefficient (Wildman–Crippen LogP) is 2.06. The van der Waals surface area contributed by atoms with Gasteiger partial charge in [-0.05, 0) is 40.4 Å². The van der Waals surface area contributed by atoms with E-state index in [9.17, 15) is 0 Å². The normalized spacial score (nSPS) is 21.3. The van der Waals surface area contributed by atoms with Crippen LogP contribution in [0.1, 0.15) is 33.6 Å². The minimum Gasteiger partial charge on any atom is -0.305 e. The summed E-state index contributed by atoms with van der Waals surface area (Å²) in [5, 5.41) is 0. The second-order valence-corrected chi connectivity index (χ2v) is 3.92. The summed E-state index contributed by atoms with van der Waals surface area (Å²) in [6.45, 7) is 9.26. The topological polar surface area (TPSA) is 6.48 Å². The molecule has 0 aromatic carbocycles. The van der Waals surface area contributed by atoms with Crippen LogP contribution in [0.4, 0.5) is 0 Å². The third-order valence-corrected chi connectivity index (χ3v) is 2.69. The molecule has 1 saturated heterocycles. The summed E-state index contributed by atoms with van der Waals surface area (Å²) in [5.41, 5.74) is 0. The average Bonchev–Trinajstić information content (AvgIpc) is 2.29. The maximum atomic E-state index is 3.13. The van der Waals surface area contributed by atoms with Crippen LogP contribution in [0, 0.1) is 11.8 Å². The minimum absolute atomic E-state index is 0.729. The predicted molar refractivity (Wildman–Crippen MR) is 67.9 cm³/mol. The van der Waals surface area contributed by atoms with Crippen molar-refractivity contribution in [2.24, 2.45) is 0 Å². The minimum atomic E-state index is 0.729. The molecule has 1 rings (SSSR count). The van der Waals surface area contributed by atoms with Gasteiger partial charge in [0.1, 0.15) is 0 Å². The lowest BCUT2D eigenvalue weighted by Gasteiger charge is -2.35. The highest BCUT2D eigenvalue weighted by atomic mass is 15.2. The van der Waals surface area contributed by atoms with E-state index in [1.807, 2.05) is 20.8 Å². The molecule has 0 radical (unpaired) electrons. The summed E-state index contributed by atoms with van der Waals surface area (Å²) < 4.78 is 0. The highest BCUT2D eigenvalue weighted by molar-refractivity contribution is 4.98. The Morgan fingerprint density at radius 1 is 1.33 bits per heavy atom. The molecule has 0 N–H and O–H groups in total. The third kappa shape index (κ3) is 5.81. The summed E-state index contributed by atoms with van der Waals surface area (Å²) in [5.74, 6) is 6.09. The number of likely N-dealkylation sites (tertiary alicyclic amines) is 1. The molecule has 1 aliphatic heterocycles. The van der Waals surface area contributed by atoms with Crippen molar-refractivity contribution in [3.05, 3.63) is 0 Å². The van der Waals surface area contributed by atoms with Gasteiger partial charge in [0, 0.05) is 12.6 Å². The highest BCUT2D eigenvalue weighted by Gasteiger charge is 2.20. The number of likely N-dealkylation sites (N-methyl/N-ethyl adjacent to an activating group) is 1. The Bertz CT molecular complexity index is 200. The van der Waals surface area contributed by atoms with Gasteiger partial charge in [0.25, 0.3) is 0 Å². The fraction of sp³-hybridized carbons (Fsp3) is 0.846. The molecule has 88 valence electrons. The lowest BCUT2D eigenvalue weighted by molar-refractivity contribution is 0.145. The summed E-state index contributed by atoms with van der Waals surface area (Å²) in [6.07, 6.45) is 2.65. The van der Waals surface area contributed by atoms with Crippen molar-refractivity contribution < 1.29 is 0 Å². The van der Waals surface area contributed by atoms with Crippen molar-refractivity contribution in [1.29, 1.82) is 0 Å². The van der Waals surface area contributed by atoms with Crippen LogP contribution in [0.5, 0.6) is 0 Å². The molecule has 0 bridgehead atoms. The highest BCUT2D eigenvalue weighted by Crippen LogP contribution is 2.12. The van der Waals surface area contributed by atoms with E-state index >= 15 is 0 Å². The Hall–Kier alpha value is -0.520. The molecule has 0 aromatic heterocycles. The van der Waals surface area contributed by atoms with Crippen LogP contribution >= 0.6 is 0 Å². The lowest BCUT2D eigenvalue weighted by Crippen LogP contribution is -2.45. The molecule has 0 aromatic rings. The fourth-order valence-corrected chi connectivity index (χ4v) is 1.79. The van der Waals surface area contributed by atoms with E-state index in [1.54, 1.807) is 0 Å². The Labute approximate surface area is 95.6 Å². The van der Waals surface area contributed by atoms with Crippen LogP contribution in [0.15, 0.2) is 0 Å². The number of nitrogens with zero attached hydrogens (tertiary/aromatic N) is 2. The number of hydrogen-bond donors (Lipinski definition) is 0. The zero-order valence-corrected chi connectivity index (χ0v) is 11.0. The van der Waals surface area contributed by atoms with Crippen molar-refractivity contribution in [2.45, 2.75) is 39.7 Å². The maximum absolute atomic E-state index is 3.13. The van der Waals surface area contributed by atoms with Crippen LogP contribution in [-0.2, 0) is 0 Å². The molecule has 2 heteroatoms. The van der Waals surface area contributed by atoms with Gasteiger partial charge >= 0.3 is 0 Å². The molecular weight excluding hydrogens is 184 g/mol. The summed E-state index contributed by atoms with van der Waals surface area (Å²) in [7, 11) is 4.33. The number of hydrogen-bond acceptors (Lipinski definition) is 2. The molecule has 1 fully saturated rings. The molecule has 15 heavy (non-hydrogen) atoms. The van der Waals surface area contributed by atoms with E-state index in [2.05, 4.69) is 35.7 Å². The molecule has 1 aliphatic rings. The zero-order valence-electron chi connectivity index (χ0n) is 11.0. The monoisotopic (exact) mass is 210 g/mol. The third-order valence-electron chi connectivity index (χ3n) is 2.69. The van der Waals surface area contributed by atoms with Gasteiger partial charge in [-0.25, -0.2) is 0 Å². The Morgan fingerprint density at radius 2 is 2.00 bits per heavy atom. The van der Waals surface area contributed by atoms with Gasteiger partial charge in [0.15, 0.2) is 0 Å². The second-order valence-electron chi connectivity index (χ2n) is 3.92. The van der Waals surface area contributed by atoms with Crippen LogP contribution in [0.25, 0.3) is 0 Å². The summed E-state index contributed by atoms with van der Waals surface area (Å²) in [4.78, 5) is 4.77. The largest absolute Gasteiger partial charge is 0.305 e. The molecule has 0 amide bonds. The number of piperidine rings is 1. The SMILES string of the molecule is CC.CC#CCN1CCCC(N(C)C)C1. The van der Waals surface area contributed by atoms with Gasteiger partial charge in [-0.3, -0.25) is 4.90 Å². The van der Waals surface area contributed by atoms with Crippen LogP contribution in [0.2, 0.25) is 0 Å². The first kappa shape index (κ1) is 14.5. The average molecular weight is 210 g/mol. The van der Waals surface area contributed by atoms with Gasteiger partial charge in [0.2, 0.25) is 0 Å². The number of rotatable bonds is 2. The smallest absolute Gasteiger partial charge is 0.0602 e. The van der Waals surface area contributed by atoms with Gasteiger partial charge < -0.3 is 4.90 Å². The van der Waals surface area contributed by atoms with Crippen molar-refractivity contribution in [1.82, 2.24) is 9.80 Å². The van der Waals surface area contributed by atoms with Crippen LogP contribution in [0.3, 0.4) is 0 Å². The van der Waals surface area contributed by atoms with Gasteiger partial charge in [-0.15, -0.1) is 5.92 Å². The van der Waals surface area contributed by atoms with E-state index in [-0.39, 0.29) is 0 Å². The first-order valence-electron chi connectivity index (χ1n) is 6.02. The first-order valence-corrected chi connectivity index (χ1v) is 6.02. The molecule has 1 unspecified atom stereocenters. The van der Waals surface area contributed by atoms with E-state index in [0.29, 0.717) is 0 Å². The van der Waals surface area contributed by atoms with Crippen molar-refractivity contribution >= 4 is 0 Å².